The standard InChI is InChI=1S/C18H22FN3O3/c19-13-4-6-14(7-5-13)22-17(24)10-15(18(22)25)21-9-1-2-12(11-21)3-8-16(20)23/h4-7,12,15H,1-3,8-11H2,(H2,20,23). The number of amides is 3. The molecule has 25 heavy (non-hydrogen) atoms. The van der Waals surface area contributed by atoms with Gasteiger partial charge >= 0.3 is 0 Å². The van der Waals surface area contributed by atoms with Crippen LogP contribution in [0.1, 0.15) is 32.1 Å². The first kappa shape index (κ1) is 17.5. The number of nitrogens with two attached hydrogens (primary N) is 1. The van der Waals surface area contributed by atoms with Crippen LogP contribution >= 0.6 is 0 Å². The Morgan fingerprint density at radius 3 is 2.64 bits per heavy atom. The van der Waals surface area contributed by atoms with Gasteiger partial charge in [0.2, 0.25) is 11.8 Å². The third kappa shape index (κ3) is 3.87. The van der Waals surface area contributed by atoms with Crippen LogP contribution in [0.5, 0.6) is 0 Å². The average molecular weight is 347 g/mol. The average Bonchev–Trinajstić information content (AvgIpc) is 2.89. The van der Waals surface area contributed by atoms with Crippen molar-refractivity contribution in [3.63, 3.8) is 0 Å². The molecule has 0 radical (unpaired) electrons. The molecule has 0 saturated carbocycles. The Morgan fingerprint density at radius 1 is 1.24 bits per heavy atom. The predicted molar refractivity (Wildman–Crippen MR) is 90.0 cm³/mol. The smallest absolute Gasteiger partial charge is 0.251 e. The number of carbonyl (C=O) groups excluding carboxylic acids is 3. The van der Waals surface area contributed by atoms with E-state index in [1.165, 1.54) is 24.3 Å². The van der Waals surface area contributed by atoms with Crippen molar-refractivity contribution in [2.24, 2.45) is 11.7 Å². The number of likely N-dealkylation sites (tertiary alicyclic amines) is 1. The second-order valence-electron chi connectivity index (χ2n) is 6.77. The molecule has 1 aromatic carbocycles. The molecular weight excluding hydrogens is 325 g/mol. The number of carbonyl (C=O) groups is 3. The zero-order valence-electron chi connectivity index (χ0n) is 14.0. The van der Waals surface area contributed by atoms with Gasteiger partial charge in [-0.1, -0.05) is 0 Å². The van der Waals surface area contributed by atoms with Crippen LogP contribution in [-0.2, 0) is 14.4 Å². The summed E-state index contributed by atoms with van der Waals surface area (Å²) in [5, 5.41) is 0. The number of nitrogens with zero attached hydrogens (tertiary/aromatic N) is 2. The minimum absolute atomic E-state index is 0.138. The maximum atomic E-state index is 13.1. The molecule has 2 unspecified atom stereocenters. The Balaban J connectivity index is 1.68. The van der Waals surface area contributed by atoms with Crippen LogP contribution in [0.25, 0.3) is 0 Å². The van der Waals surface area contributed by atoms with Crippen LogP contribution in [0.2, 0.25) is 0 Å². The van der Waals surface area contributed by atoms with Crippen molar-refractivity contribution in [1.82, 2.24) is 4.90 Å². The summed E-state index contributed by atoms with van der Waals surface area (Å²) in [6, 6.07) is 4.89. The Hall–Kier alpha value is -2.28. The quantitative estimate of drug-likeness (QED) is 0.817. The van der Waals surface area contributed by atoms with Crippen LogP contribution in [0, 0.1) is 11.7 Å². The largest absolute Gasteiger partial charge is 0.370 e. The highest BCUT2D eigenvalue weighted by Gasteiger charge is 2.43. The second kappa shape index (κ2) is 7.31. The van der Waals surface area contributed by atoms with E-state index >= 15 is 0 Å². The van der Waals surface area contributed by atoms with E-state index in [1.54, 1.807) is 0 Å². The molecule has 3 rings (SSSR count). The topological polar surface area (TPSA) is 83.7 Å². The molecule has 0 aromatic heterocycles. The summed E-state index contributed by atoms with van der Waals surface area (Å²) in [6.07, 6.45) is 3.12. The van der Waals surface area contributed by atoms with E-state index in [9.17, 15) is 18.8 Å². The molecule has 2 N–H and O–H groups in total. The summed E-state index contributed by atoms with van der Waals surface area (Å²) in [6.45, 7) is 1.45. The number of piperidine rings is 1. The molecule has 3 amide bonds. The van der Waals surface area contributed by atoms with Crippen molar-refractivity contribution in [2.75, 3.05) is 18.0 Å². The first-order chi connectivity index (χ1) is 12.0. The normalized spacial score (nSPS) is 24.8. The number of primary amides is 1. The molecule has 0 aliphatic carbocycles. The number of rotatable bonds is 5. The van der Waals surface area contributed by atoms with E-state index in [1.807, 2.05) is 4.90 Å². The van der Waals surface area contributed by atoms with E-state index in [2.05, 4.69) is 0 Å². The van der Waals surface area contributed by atoms with E-state index in [0.717, 1.165) is 24.3 Å². The fourth-order valence-corrected chi connectivity index (χ4v) is 3.72. The third-order valence-electron chi connectivity index (χ3n) is 5.00. The fourth-order valence-electron chi connectivity index (χ4n) is 3.72. The maximum Gasteiger partial charge on any atom is 0.251 e. The predicted octanol–water partition coefficient (Wildman–Crippen LogP) is 1.44. The summed E-state index contributed by atoms with van der Waals surface area (Å²) in [7, 11) is 0. The first-order valence-corrected chi connectivity index (χ1v) is 8.60. The lowest BCUT2D eigenvalue weighted by Crippen LogP contribution is -2.47. The van der Waals surface area contributed by atoms with Crippen molar-refractivity contribution < 1.29 is 18.8 Å². The zero-order chi connectivity index (χ0) is 18.0. The Morgan fingerprint density at radius 2 is 1.96 bits per heavy atom. The maximum absolute atomic E-state index is 13.1. The highest BCUT2D eigenvalue weighted by molar-refractivity contribution is 6.22. The van der Waals surface area contributed by atoms with Gasteiger partial charge in [-0.3, -0.25) is 19.3 Å². The lowest BCUT2D eigenvalue weighted by Gasteiger charge is -2.35. The van der Waals surface area contributed by atoms with E-state index in [-0.39, 0.29) is 24.1 Å². The SMILES string of the molecule is NC(=O)CCC1CCCN(C2CC(=O)N(c3ccc(F)cc3)C2=O)C1. The molecule has 2 heterocycles. The highest BCUT2D eigenvalue weighted by Crippen LogP contribution is 2.29. The minimum atomic E-state index is -0.478. The van der Waals surface area contributed by atoms with E-state index in [0.29, 0.717) is 31.0 Å². The fraction of sp³-hybridized carbons (Fsp3) is 0.500. The molecule has 2 aliphatic rings. The van der Waals surface area contributed by atoms with Gasteiger partial charge in [0.15, 0.2) is 0 Å². The lowest BCUT2D eigenvalue weighted by atomic mass is 9.92. The van der Waals surface area contributed by atoms with Crippen LogP contribution in [0.3, 0.4) is 0 Å². The number of imide groups is 1. The van der Waals surface area contributed by atoms with Gasteiger partial charge in [0.25, 0.3) is 5.91 Å². The Labute approximate surface area is 145 Å². The number of halogens is 1. The molecule has 6 nitrogen and oxygen atoms in total. The van der Waals surface area contributed by atoms with Crippen LogP contribution < -0.4 is 10.6 Å². The molecule has 7 heteroatoms. The summed E-state index contributed by atoms with van der Waals surface area (Å²) < 4.78 is 13.1. The third-order valence-corrected chi connectivity index (χ3v) is 5.00. The Kier molecular flexibility index (Phi) is 5.13. The van der Waals surface area contributed by atoms with Crippen LogP contribution in [0.4, 0.5) is 10.1 Å². The minimum Gasteiger partial charge on any atom is -0.370 e. The molecule has 2 atom stereocenters. The first-order valence-electron chi connectivity index (χ1n) is 8.60. The van der Waals surface area contributed by atoms with Gasteiger partial charge in [-0.25, -0.2) is 9.29 Å². The molecule has 2 fully saturated rings. The summed E-state index contributed by atoms with van der Waals surface area (Å²) in [5.74, 6) is -0.934. The Bertz CT molecular complexity index is 677. The van der Waals surface area contributed by atoms with Crippen LogP contribution in [-0.4, -0.2) is 41.8 Å². The van der Waals surface area contributed by atoms with Gasteiger partial charge < -0.3 is 5.73 Å². The van der Waals surface area contributed by atoms with Crippen LogP contribution in [0.15, 0.2) is 24.3 Å². The van der Waals surface area contributed by atoms with E-state index in [4.69, 9.17) is 5.73 Å². The van der Waals surface area contributed by atoms with Crippen molar-refractivity contribution in [3.05, 3.63) is 30.1 Å². The van der Waals surface area contributed by atoms with Gasteiger partial charge in [0.1, 0.15) is 5.82 Å². The van der Waals surface area contributed by atoms with Crippen molar-refractivity contribution >= 4 is 23.4 Å². The van der Waals surface area contributed by atoms with Crippen molar-refractivity contribution in [1.29, 1.82) is 0 Å². The van der Waals surface area contributed by atoms with Gasteiger partial charge in [-0.2, -0.15) is 0 Å². The van der Waals surface area contributed by atoms with Crippen molar-refractivity contribution in [3.8, 4) is 0 Å². The zero-order valence-corrected chi connectivity index (χ0v) is 14.0. The molecule has 2 saturated heterocycles. The summed E-state index contributed by atoms with van der Waals surface area (Å²) >= 11 is 0. The van der Waals surface area contributed by atoms with Gasteiger partial charge in [-0.15, -0.1) is 0 Å². The molecule has 2 aliphatic heterocycles. The molecule has 134 valence electrons. The molecule has 0 bridgehead atoms. The van der Waals surface area contributed by atoms with Crippen molar-refractivity contribution in [2.45, 2.75) is 38.1 Å². The monoisotopic (exact) mass is 347 g/mol. The van der Waals surface area contributed by atoms with E-state index < -0.39 is 11.9 Å². The lowest BCUT2D eigenvalue weighted by molar-refractivity contribution is -0.123. The summed E-state index contributed by atoms with van der Waals surface area (Å²) in [5.41, 5.74) is 5.62. The molecule has 1 aromatic rings. The molecule has 0 spiro atoms. The van der Waals surface area contributed by atoms with Gasteiger partial charge in [-0.05, 0) is 56.0 Å². The summed E-state index contributed by atoms with van der Waals surface area (Å²) in [4.78, 5) is 39.3. The second-order valence-corrected chi connectivity index (χ2v) is 6.77. The molecular formula is C18H22FN3O3. The number of benzene rings is 1. The number of hydrogen-bond donors (Lipinski definition) is 1. The van der Waals surface area contributed by atoms with Gasteiger partial charge in [0, 0.05) is 13.0 Å². The number of anilines is 1. The highest BCUT2D eigenvalue weighted by atomic mass is 19.1. The number of hydrogen-bond acceptors (Lipinski definition) is 4. The van der Waals surface area contributed by atoms with Gasteiger partial charge in [0.05, 0.1) is 18.2 Å².